The van der Waals surface area contributed by atoms with Crippen molar-refractivity contribution < 1.29 is 51.0 Å². The lowest BCUT2D eigenvalue weighted by atomic mass is 9.93. The summed E-state index contributed by atoms with van der Waals surface area (Å²) >= 11 is 6.00. The van der Waals surface area contributed by atoms with Crippen LogP contribution in [0.3, 0.4) is 0 Å². The van der Waals surface area contributed by atoms with Crippen LogP contribution in [0.15, 0.2) is 84.9 Å². The Morgan fingerprint density at radius 1 is 0.786 bits per heavy atom. The first-order chi connectivity index (χ1) is 26.5. The zero-order chi connectivity index (χ0) is 40.4. The van der Waals surface area contributed by atoms with Crippen molar-refractivity contribution in [3.8, 4) is 16.9 Å². The fourth-order valence-electron chi connectivity index (χ4n) is 7.69. The minimum atomic E-state index is -5.08. The van der Waals surface area contributed by atoms with Crippen molar-refractivity contribution in [3.05, 3.63) is 101 Å². The van der Waals surface area contributed by atoms with Crippen molar-refractivity contribution >= 4 is 45.9 Å². The van der Waals surface area contributed by atoms with Crippen molar-refractivity contribution in [2.24, 2.45) is 5.73 Å². The topological polar surface area (TPSA) is 139 Å². The van der Waals surface area contributed by atoms with E-state index in [0.29, 0.717) is 41.7 Å². The first-order valence-electron chi connectivity index (χ1n) is 18.2. The Hall–Kier alpha value is -5.08. The van der Waals surface area contributed by atoms with Crippen LogP contribution < -0.4 is 15.8 Å². The van der Waals surface area contributed by atoms with Gasteiger partial charge in [0.25, 0.3) is 11.8 Å². The number of fused-ring (bicyclic) bond motifs is 3. The summed E-state index contributed by atoms with van der Waals surface area (Å²) in [4.78, 5) is 51.4. The summed E-state index contributed by atoms with van der Waals surface area (Å²) in [6.07, 6.45) is 1.72. The Kier molecular flexibility index (Phi) is 12.0. The summed E-state index contributed by atoms with van der Waals surface area (Å²) in [5, 5.41) is 11.4. The number of hydrogen-bond acceptors (Lipinski definition) is 6. The second-order valence-electron chi connectivity index (χ2n) is 14.4. The van der Waals surface area contributed by atoms with Gasteiger partial charge in [-0.05, 0) is 104 Å². The second kappa shape index (κ2) is 16.6. The number of nitrogens with two attached hydrogens (primary N) is 1. The highest BCUT2D eigenvalue weighted by Crippen LogP contribution is 2.40. The number of ether oxygens (including phenoxy) is 1. The molecule has 2 aliphatic heterocycles. The van der Waals surface area contributed by atoms with Gasteiger partial charge in [0.05, 0.1) is 6.10 Å². The Bertz CT molecular complexity index is 2080. The zero-order valence-electron chi connectivity index (χ0n) is 29.9. The van der Waals surface area contributed by atoms with E-state index in [1.807, 2.05) is 12.1 Å². The molecule has 2 bridgehead atoms. The number of carboxylic acid groups (broad SMARTS) is 1. The van der Waals surface area contributed by atoms with Gasteiger partial charge in [0.1, 0.15) is 5.75 Å². The maximum Gasteiger partial charge on any atom is 0.490 e. The highest BCUT2D eigenvalue weighted by Gasteiger charge is 2.53. The van der Waals surface area contributed by atoms with Gasteiger partial charge >= 0.3 is 18.1 Å². The highest BCUT2D eigenvalue weighted by molar-refractivity contribution is 6.43. The number of carbonyl (C=O) groups is 4. The molecule has 56 heavy (non-hydrogen) atoms. The monoisotopic (exact) mass is 799 g/mol. The largest absolute Gasteiger partial charge is 0.490 e. The lowest BCUT2D eigenvalue weighted by Crippen LogP contribution is -2.61. The molecule has 15 heteroatoms. The number of nitrogens with one attached hydrogen (secondary N) is 1. The number of aliphatic carboxylic acids is 1. The van der Waals surface area contributed by atoms with E-state index in [1.165, 1.54) is 35.2 Å². The molecule has 4 aromatic carbocycles. The van der Waals surface area contributed by atoms with Gasteiger partial charge in [-0.15, -0.1) is 0 Å². The van der Waals surface area contributed by atoms with E-state index in [1.54, 1.807) is 42.5 Å². The lowest BCUT2D eigenvalue weighted by molar-refractivity contribution is -0.192. The van der Waals surface area contributed by atoms with E-state index in [-0.39, 0.29) is 29.8 Å². The van der Waals surface area contributed by atoms with Crippen LogP contribution in [-0.4, -0.2) is 70.0 Å². The van der Waals surface area contributed by atoms with Crippen LogP contribution in [-0.2, 0) is 20.3 Å². The van der Waals surface area contributed by atoms with Crippen LogP contribution in [0.4, 0.5) is 22.0 Å². The van der Waals surface area contributed by atoms with Crippen molar-refractivity contribution in [1.82, 2.24) is 10.2 Å². The summed E-state index contributed by atoms with van der Waals surface area (Å²) in [5.74, 6) is -9.08. The third-order valence-electron chi connectivity index (χ3n) is 10.5. The van der Waals surface area contributed by atoms with Gasteiger partial charge in [-0.3, -0.25) is 14.4 Å². The zero-order valence-corrected chi connectivity index (χ0v) is 30.7. The SMILES string of the molecule is NC1CC2CCC(C1)N2C(=O)C(NC(=O)C(=O)c1ccc2cc(OC3CCCC3)ccc2c1)C(F)(F)c1ccc(-c2ccc(Cl)cc2)cc1.O=C(O)C(F)(F)F. The molecule has 0 aromatic heterocycles. The molecule has 9 nitrogen and oxygen atoms in total. The summed E-state index contributed by atoms with van der Waals surface area (Å²) in [6, 6.07) is 19.7. The quantitative estimate of drug-likeness (QED) is 0.0885. The molecular formula is C41H39ClF5N3O6. The molecule has 3 unspecified atom stereocenters. The minimum Gasteiger partial charge on any atom is -0.490 e. The number of hydrogen-bond donors (Lipinski definition) is 3. The Morgan fingerprint density at radius 2 is 1.32 bits per heavy atom. The first kappa shape index (κ1) is 40.6. The molecule has 2 saturated heterocycles. The average Bonchev–Trinajstić information content (AvgIpc) is 3.78. The molecule has 1 aliphatic carbocycles. The normalized spacial score (nSPS) is 20.2. The number of alkyl halides is 5. The molecule has 1 saturated carbocycles. The molecule has 7 rings (SSSR count). The number of carbonyl (C=O) groups excluding carboxylic acids is 3. The van der Waals surface area contributed by atoms with E-state index in [0.717, 1.165) is 42.4 Å². The smallest absolute Gasteiger partial charge is 0.490 e. The third-order valence-corrected chi connectivity index (χ3v) is 10.7. The number of amides is 2. The van der Waals surface area contributed by atoms with Gasteiger partial charge in [-0.25, -0.2) is 4.79 Å². The summed E-state index contributed by atoms with van der Waals surface area (Å²) in [5.41, 5.74) is 7.22. The number of benzene rings is 4. The summed E-state index contributed by atoms with van der Waals surface area (Å²) in [6.45, 7) is 0. The molecule has 3 fully saturated rings. The van der Waals surface area contributed by atoms with E-state index < -0.39 is 47.3 Å². The summed E-state index contributed by atoms with van der Waals surface area (Å²) < 4.78 is 70.9. The Balaban J connectivity index is 0.000000695. The third kappa shape index (κ3) is 9.13. The standard InChI is InChI=1S/C39H38ClF2N3O4.C2HF3O2/c40-29-14-9-24(10-15-29)23-7-12-28(13-8-23)39(41,42)36(38(48)45-31-16-17-32(45)22-30(43)21-31)44-37(47)35(46)27-6-5-26-20-34(18-11-25(26)19-27)49-33-3-1-2-4-33;3-2(4,5)1(6)7/h5-15,18-20,30-33,36H,1-4,16-17,21-22,43H2,(H,44,47);(H,6,7). The molecule has 3 atom stereocenters. The van der Waals surface area contributed by atoms with Gasteiger partial charge in [0.2, 0.25) is 5.78 Å². The van der Waals surface area contributed by atoms with Gasteiger partial charge in [-0.1, -0.05) is 66.2 Å². The molecule has 296 valence electrons. The van der Waals surface area contributed by atoms with Crippen molar-refractivity contribution in [2.75, 3.05) is 0 Å². The lowest BCUT2D eigenvalue weighted by Gasteiger charge is -2.41. The number of carboxylic acids is 1. The van der Waals surface area contributed by atoms with Gasteiger partial charge in [0.15, 0.2) is 6.04 Å². The van der Waals surface area contributed by atoms with E-state index in [2.05, 4.69) is 5.32 Å². The van der Waals surface area contributed by atoms with Crippen LogP contribution in [0.25, 0.3) is 21.9 Å². The van der Waals surface area contributed by atoms with Crippen molar-refractivity contribution in [2.45, 2.75) is 93.7 Å². The molecule has 4 aromatic rings. The van der Waals surface area contributed by atoms with Gasteiger partial charge in [0, 0.05) is 34.3 Å². The van der Waals surface area contributed by atoms with Gasteiger partial charge < -0.3 is 25.8 Å². The minimum absolute atomic E-state index is 0.0281. The second-order valence-corrected chi connectivity index (χ2v) is 14.8. The van der Waals surface area contributed by atoms with Crippen molar-refractivity contribution in [3.63, 3.8) is 0 Å². The number of halogens is 6. The van der Waals surface area contributed by atoms with Crippen LogP contribution in [0.5, 0.6) is 5.75 Å². The molecule has 2 amide bonds. The first-order valence-corrected chi connectivity index (χ1v) is 18.6. The Morgan fingerprint density at radius 3 is 1.89 bits per heavy atom. The number of rotatable bonds is 9. The van der Waals surface area contributed by atoms with Crippen LogP contribution in [0, 0.1) is 0 Å². The number of nitrogens with zero attached hydrogens (tertiary/aromatic N) is 1. The molecule has 4 N–H and O–H groups in total. The number of piperidine rings is 1. The fourth-order valence-corrected chi connectivity index (χ4v) is 7.82. The molecule has 0 radical (unpaired) electrons. The molecule has 2 heterocycles. The summed E-state index contributed by atoms with van der Waals surface area (Å²) in [7, 11) is 0. The molecular weight excluding hydrogens is 761 g/mol. The fraction of sp³-hybridized carbons (Fsp3) is 0.366. The van der Waals surface area contributed by atoms with E-state index >= 15 is 8.78 Å². The van der Waals surface area contributed by atoms with Crippen LogP contribution in [0.1, 0.15) is 67.3 Å². The maximum atomic E-state index is 16.6. The van der Waals surface area contributed by atoms with Crippen LogP contribution in [0.2, 0.25) is 5.02 Å². The average molecular weight is 800 g/mol. The number of ketones is 1. The molecule has 0 spiro atoms. The number of Topliss-reactive ketones (excluding diaryl/α,β-unsaturated/α-hetero) is 1. The van der Waals surface area contributed by atoms with Crippen LogP contribution >= 0.6 is 11.6 Å². The maximum absolute atomic E-state index is 16.6. The van der Waals surface area contributed by atoms with E-state index in [4.69, 9.17) is 32.0 Å². The molecule has 3 aliphatic rings. The van der Waals surface area contributed by atoms with Gasteiger partial charge in [-0.2, -0.15) is 22.0 Å². The highest BCUT2D eigenvalue weighted by atomic mass is 35.5. The van der Waals surface area contributed by atoms with Crippen molar-refractivity contribution in [1.29, 1.82) is 0 Å². The Labute approximate surface area is 323 Å². The van der Waals surface area contributed by atoms with E-state index in [9.17, 15) is 27.6 Å². The predicted octanol–water partition coefficient (Wildman–Crippen LogP) is 8.06. The predicted molar refractivity (Wildman–Crippen MR) is 198 cm³/mol.